The van der Waals surface area contributed by atoms with Gasteiger partial charge in [0.25, 0.3) is 0 Å². The molecule has 0 aromatic carbocycles. The maximum absolute atomic E-state index is 11.5. The van der Waals surface area contributed by atoms with Gasteiger partial charge in [0.2, 0.25) is 0 Å². The van der Waals surface area contributed by atoms with Crippen LogP contribution in [0, 0.1) is 11.3 Å². The number of sulfone groups is 1. The summed E-state index contributed by atoms with van der Waals surface area (Å²) in [6.45, 7) is 0.734. The Hall–Kier alpha value is -0.600. The van der Waals surface area contributed by atoms with Gasteiger partial charge in [-0.15, -0.1) is 0 Å². The molecule has 0 heterocycles. The van der Waals surface area contributed by atoms with Crippen LogP contribution in [-0.2, 0) is 9.84 Å². The number of hydrogen-bond acceptors (Lipinski definition) is 4. The molecule has 4 nitrogen and oxygen atoms in total. The Morgan fingerprint density at radius 1 is 1.44 bits per heavy atom. The fraction of sp³-hybridized carbons (Fsp3) is 0.909. The van der Waals surface area contributed by atoms with Crippen LogP contribution in [0.25, 0.3) is 0 Å². The van der Waals surface area contributed by atoms with E-state index in [0.29, 0.717) is 12.5 Å². The molecule has 5 heteroatoms. The molecule has 16 heavy (non-hydrogen) atoms. The van der Waals surface area contributed by atoms with Gasteiger partial charge in [-0.05, 0) is 26.3 Å². The molecule has 0 amide bonds. The third-order valence-electron chi connectivity index (χ3n) is 3.40. The Morgan fingerprint density at radius 3 is 2.69 bits per heavy atom. The van der Waals surface area contributed by atoms with Crippen molar-refractivity contribution in [1.29, 1.82) is 5.26 Å². The van der Waals surface area contributed by atoms with E-state index < -0.39 is 9.84 Å². The zero-order valence-corrected chi connectivity index (χ0v) is 10.8. The van der Waals surface area contributed by atoms with Crippen molar-refractivity contribution in [2.75, 3.05) is 19.8 Å². The van der Waals surface area contributed by atoms with Crippen molar-refractivity contribution >= 4 is 9.84 Å². The van der Waals surface area contributed by atoms with Gasteiger partial charge in [0.15, 0.2) is 0 Å². The van der Waals surface area contributed by atoms with Gasteiger partial charge in [0.05, 0.1) is 11.3 Å². The molecule has 0 saturated heterocycles. The lowest BCUT2D eigenvalue weighted by molar-refractivity contribution is 0.196. The number of rotatable bonds is 4. The summed E-state index contributed by atoms with van der Waals surface area (Å²) in [5, 5.41) is 8.34. The minimum Gasteiger partial charge on any atom is -0.302 e. The molecular weight excluding hydrogens is 224 g/mol. The molecule has 0 radical (unpaired) electrons. The van der Waals surface area contributed by atoms with Crippen LogP contribution in [0.3, 0.4) is 0 Å². The normalized spacial score (nSPS) is 26.6. The average molecular weight is 244 g/mol. The molecule has 1 aliphatic carbocycles. The van der Waals surface area contributed by atoms with Crippen LogP contribution < -0.4 is 0 Å². The second-order valence-corrected chi connectivity index (χ2v) is 6.99. The maximum Gasteiger partial charge on any atom is 0.150 e. The highest BCUT2D eigenvalue weighted by Crippen LogP contribution is 2.26. The van der Waals surface area contributed by atoms with Crippen LogP contribution in [0.1, 0.15) is 32.1 Å². The Morgan fingerprint density at radius 2 is 2.12 bits per heavy atom. The lowest BCUT2D eigenvalue weighted by Crippen LogP contribution is -2.40. The molecule has 1 fully saturated rings. The molecule has 0 aromatic heterocycles. The Labute approximate surface area is 98.2 Å². The first-order valence-corrected chi connectivity index (χ1v) is 7.66. The lowest BCUT2D eigenvalue weighted by atomic mass is 9.94. The zero-order chi connectivity index (χ0) is 12.2. The molecule has 0 bridgehead atoms. The van der Waals surface area contributed by atoms with Gasteiger partial charge < -0.3 is 4.90 Å². The summed E-state index contributed by atoms with van der Waals surface area (Å²) in [5.41, 5.74) is 0. The summed E-state index contributed by atoms with van der Waals surface area (Å²) < 4.78 is 23.0. The van der Waals surface area contributed by atoms with E-state index in [9.17, 15) is 8.42 Å². The Kier molecular flexibility index (Phi) is 4.75. The highest BCUT2D eigenvalue weighted by Gasteiger charge is 2.30. The average Bonchev–Trinajstić information content (AvgIpc) is 2.25. The Bertz CT molecular complexity index is 359. The summed E-state index contributed by atoms with van der Waals surface area (Å²) in [6, 6.07) is 2.44. The van der Waals surface area contributed by atoms with Crippen molar-refractivity contribution in [2.45, 2.75) is 43.4 Å². The van der Waals surface area contributed by atoms with Crippen molar-refractivity contribution in [1.82, 2.24) is 4.90 Å². The summed E-state index contributed by atoms with van der Waals surface area (Å²) >= 11 is 0. The standard InChI is InChI=1S/C11H20N2O2S/c1-13(8-4-7-12)10-5-3-6-11(9-10)16(2,14)15/h10-11H,3-6,8-9H2,1-2H3. The van der Waals surface area contributed by atoms with E-state index in [1.54, 1.807) is 0 Å². The molecule has 2 unspecified atom stereocenters. The summed E-state index contributed by atoms with van der Waals surface area (Å²) in [4.78, 5) is 2.13. The SMILES string of the molecule is CN(CCC#N)C1CCCC(S(C)(=O)=O)C1. The molecule has 1 rings (SSSR count). The molecule has 1 aliphatic rings. The van der Waals surface area contributed by atoms with Crippen molar-refractivity contribution < 1.29 is 8.42 Å². The monoisotopic (exact) mass is 244 g/mol. The van der Waals surface area contributed by atoms with Gasteiger partial charge in [-0.3, -0.25) is 0 Å². The first-order valence-electron chi connectivity index (χ1n) is 5.71. The third-order valence-corrected chi connectivity index (χ3v) is 5.04. The van der Waals surface area contributed by atoms with Crippen LogP contribution in [0.2, 0.25) is 0 Å². The molecule has 1 saturated carbocycles. The second kappa shape index (κ2) is 5.65. The molecule has 92 valence electrons. The second-order valence-electron chi connectivity index (χ2n) is 4.66. The van der Waals surface area contributed by atoms with Crippen LogP contribution >= 0.6 is 0 Å². The first-order chi connectivity index (χ1) is 7.45. The third kappa shape index (κ3) is 3.76. The fourth-order valence-corrected chi connectivity index (χ4v) is 3.48. The smallest absolute Gasteiger partial charge is 0.150 e. The van der Waals surface area contributed by atoms with E-state index in [4.69, 9.17) is 5.26 Å². The maximum atomic E-state index is 11.5. The minimum absolute atomic E-state index is 0.184. The summed E-state index contributed by atoms with van der Waals surface area (Å²) in [5.74, 6) is 0. The number of nitriles is 1. The molecule has 0 aromatic rings. The van der Waals surface area contributed by atoms with E-state index in [2.05, 4.69) is 11.0 Å². The first kappa shape index (κ1) is 13.5. The van der Waals surface area contributed by atoms with Crippen molar-refractivity contribution in [3.05, 3.63) is 0 Å². The predicted molar refractivity (Wildman–Crippen MR) is 63.7 cm³/mol. The lowest BCUT2D eigenvalue weighted by Gasteiger charge is -2.34. The van der Waals surface area contributed by atoms with Gasteiger partial charge in [0, 0.05) is 25.3 Å². The zero-order valence-electron chi connectivity index (χ0n) is 10.0. The van der Waals surface area contributed by atoms with Crippen molar-refractivity contribution in [3.8, 4) is 6.07 Å². The van der Waals surface area contributed by atoms with Crippen LogP contribution in [0.5, 0.6) is 0 Å². The molecule has 0 N–H and O–H groups in total. The van der Waals surface area contributed by atoms with E-state index in [-0.39, 0.29) is 5.25 Å². The quantitative estimate of drug-likeness (QED) is 0.745. The summed E-state index contributed by atoms with van der Waals surface area (Å²) in [7, 11) is -0.926. The summed E-state index contributed by atoms with van der Waals surface area (Å²) in [6.07, 6.45) is 5.38. The van der Waals surface area contributed by atoms with Crippen LogP contribution in [0.15, 0.2) is 0 Å². The van der Waals surface area contributed by atoms with Crippen molar-refractivity contribution in [3.63, 3.8) is 0 Å². The largest absolute Gasteiger partial charge is 0.302 e. The fourth-order valence-electron chi connectivity index (χ4n) is 2.32. The number of hydrogen-bond donors (Lipinski definition) is 0. The Balaban J connectivity index is 2.54. The molecular formula is C11H20N2O2S. The van der Waals surface area contributed by atoms with Gasteiger partial charge in [-0.25, -0.2) is 8.42 Å². The van der Waals surface area contributed by atoms with E-state index in [1.807, 2.05) is 7.05 Å². The van der Waals surface area contributed by atoms with E-state index in [1.165, 1.54) is 6.26 Å². The topological polar surface area (TPSA) is 61.2 Å². The van der Waals surface area contributed by atoms with E-state index >= 15 is 0 Å². The predicted octanol–water partition coefficient (Wildman–Crippen LogP) is 1.19. The van der Waals surface area contributed by atoms with E-state index in [0.717, 1.165) is 32.2 Å². The molecule has 2 atom stereocenters. The minimum atomic E-state index is -2.90. The van der Waals surface area contributed by atoms with Gasteiger partial charge in [-0.2, -0.15) is 5.26 Å². The highest BCUT2D eigenvalue weighted by atomic mass is 32.2. The highest BCUT2D eigenvalue weighted by molar-refractivity contribution is 7.91. The van der Waals surface area contributed by atoms with Gasteiger partial charge in [-0.1, -0.05) is 6.42 Å². The van der Waals surface area contributed by atoms with Crippen molar-refractivity contribution in [2.24, 2.45) is 0 Å². The van der Waals surface area contributed by atoms with Crippen LogP contribution in [0.4, 0.5) is 0 Å². The molecule has 0 aliphatic heterocycles. The van der Waals surface area contributed by atoms with Gasteiger partial charge >= 0.3 is 0 Å². The van der Waals surface area contributed by atoms with Crippen LogP contribution in [-0.4, -0.2) is 44.5 Å². The molecule has 0 spiro atoms. The number of nitrogens with zero attached hydrogens (tertiary/aromatic N) is 2. The van der Waals surface area contributed by atoms with Gasteiger partial charge in [0.1, 0.15) is 9.84 Å².